The van der Waals surface area contributed by atoms with E-state index < -0.39 is 10.5 Å². The van der Waals surface area contributed by atoms with Gasteiger partial charge in [0.05, 0.1) is 10.5 Å². The molecule has 0 spiro atoms. The molecule has 0 saturated carbocycles. The maximum Gasteiger partial charge on any atom is 0.353 e. The first kappa shape index (κ1) is 15.4. The Morgan fingerprint density at radius 2 is 2.14 bits per heavy atom. The smallest absolute Gasteiger partial charge is 0.353 e. The Hall–Kier alpha value is -1.96. The normalized spacial score (nSPS) is 17.6. The minimum Gasteiger partial charge on any atom is -0.390 e. The predicted molar refractivity (Wildman–Crippen MR) is 79.5 cm³/mol. The van der Waals surface area contributed by atoms with Crippen LogP contribution in [0.5, 0.6) is 0 Å². The van der Waals surface area contributed by atoms with Gasteiger partial charge in [0.1, 0.15) is 6.33 Å². The first-order chi connectivity index (χ1) is 9.94. The predicted octanol–water partition coefficient (Wildman–Crippen LogP) is 1.56. The molecule has 2 N–H and O–H groups in total. The van der Waals surface area contributed by atoms with Gasteiger partial charge in [-0.05, 0) is 26.2 Å². The Kier molecular flexibility index (Phi) is 4.56. The Bertz CT molecular complexity index is 511. The molecular weight excluding hydrogens is 274 g/mol. The van der Waals surface area contributed by atoms with Crippen LogP contribution in [0.2, 0.25) is 0 Å². The van der Waals surface area contributed by atoms with Gasteiger partial charge in [-0.3, -0.25) is 10.1 Å². The van der Waals surface area contributed by atoms with Gasteiger partial charge in [-0.25, -0.2) is 9.97 Å². The number of piperidine rings is 1. The number of nitro groups is 1. The molecule has 0 aliphatic carbocycles. The molecule has 1 aromatic heterocycles. The van der Waals surface area contributed by atoms with Gasteiger partial charge < -0.3 is 15.3 Å². The van der Waals surface area contributed by atoms with Gasteiger partial charge in [0.25, 0.3) is 0 Å². The summed E-state index contributed by atoms with van der Waals surface area (Å²) < 4.78 is 0. The molecule has 0 aromatic carbocycles. The minimum atomic E-state index is -0.707. The Morgan fingerprint density at radius 1 is 1.48 bits per heavy atom. The summed E-state index contributed by atoms with van der Waals surface area (Å²) in [6.45, 7) is 5.46. The van der Waals surface area contributed by atoms with Crippen molar-refractivity contribution in [1.82, 2.24) is 9.97 Å². The fraction of sp³-hybridized carbons (Fsp3) is 0.692. The van der Waals surface area contributed by atoms with E-state index in [1.54, 1.807) is 6.92 Å². The van der Waals surface area contributed by atoms with Crippen molar-refractivity contribution in [3.63, 3.8) is 0 Å². The van der Waals surface area contributed by atoms with Crippen molar-refractivity contribution in [3.8, 4) is 0 Å². The highest BCUT2D eigenvalue weighted by Gasteiger charge is 2.33. The zero-order valence-electron chi connectivity index (χ0n) is 12.4. The van der Waals surface area contributed by atoms with Crippen molar-refractivity contribution in [2.75, 3.05) is 29.9 Å². The summed E-state index contributed by atoms with van der Waals surface area (Å²) in [5.74, 6) is 0.577. The lowest BCUT2D eigenvalue weighted by molar-refractivity contribution is -0.383. The van der Waals surface area contributed by atoms with Gasteiger partial charge in [-0.2, -0.15) is 0 Å². The van der Waals surface area contributed by atoms with Crippen LogP contribution in [0.15, 0.2) is 6.33 Å². The van der Waals surface area contributed by atoms with Crippen LogP contribution in [0, 0.1) is 10.1 Å². The van der Waals surface area contributed by atoms with Crippen LogP contribution in [-0.2, 0) is 0 Å². The third-order valence-electron chi connectivity index (χ3n) is 3.67. The van der Waals surface area contributed by atoms with Crippen molar-refractivity contribution in [2.45, 2.75) is 38.7 Å². The fourth-order valence-corrected chi connectivity index (χ4v) is 2.34. The first-order valence-corrected chi connectivity index (χ1v) is 7.15. The van der Waals surface area contributed by atoms with E-state index in [2.05, 4.69) is 15.3 Å². The molecule has 8 heteroatoms. The van der Waals surface area contributed by atoms with Gasteiger partial charge in [-0.15, -0.1) is 0 Å². The van der Waals surface area contributed by atoms with E-state index >= 15 is 0 Å². The largest absolute Gasteiger partial charge is 0.390 e. The average molecular weight is 295 g/mol. The summed E-state index contributed by atoms with van der Waals surface area (Å²) in [5.41, 5.74) is -0.797. The first-order valence-electron chi connectivity index (χ1n) is 7.15. The fourth-order valence-electron chi connectivity index (χ4n) is 2.34. The van der Waals surface area contributed by atoms with Crippen molar-refractivity contribution < 1.29 is 10.0 Å². The van der Waals surface area contributed by atoms with E-state index in [0.29, 0.717) is 38.3 Å². The van der Waals surface area contributed by atoms with E-state index in [4.69, 9.17) is 0 Å². The molecule has 2 rings (SSSR count). The second-order valence-corrected chi connectivity index (χ2v) is 5.56. The van der Waals surface area contributed by atoms with Crippen LogP contribution in [0.4, 0.5) is 17.3 Å². The maximum absolute atomic E-state index is 11.4. The van der Waals surface area contributed by atoms with Crippen molar-refractivity contribution in [2.24, 2.45) is 0 Å². The van der Waals surface area contributed by atoms with Crippen LogP contribution in [0.1, 0.15) is 33.1 Å². The SMILES string of the molecule is CCCNc1ncnc(N2CCC(C)(O)CC2)c1[N+](=O)[O-]. The van der Waals surface area contributed by atoms with Crippen LogP contribution in [-0.4, -0.2) is 45.2 Å². The third kappa shape index (κ3) is 3.57. The third-order valence-corrected chi connectivity index (χ3v) is 3.67. The summed E-state index contributed by atoms with van der Waals surface area (Å²) in [5, 5.41) is 24.3. The van der Waals surface area contributed by atoms with Crippen LogP contribution < -0.4 is 10.2 Å². The Morgan fingerprint density at radius 3 is 2.71 bits per heavy atom. The summed E-state index contributed by atoms with van der Waals surface area (Å²) in [4.78, 5) is 20.9. The molecule has 2 heterocycles. The van der Waals surface area contributed by atoms with E-state index in [9.17, 15) is 15.2 Å². The molecule has 21 heavy (non-hydrogen) atoms. The van der Waals surface area contributed by atoms with E-state index in [0.717, 1.165) is 6.42 Å². The molecule has 1 aliphatic rings. The highest BCUT2D eigenvalue weighted by atomic mass is 16.6. The molecule has 0 radical (unpaired) electrons. The molecule has 1 aromatic rings. The van der Waals surface area contributed by atoms with Gasteiger partial charge in [0, 0.05) is 19.6 Å². The second kappa shape index (κ2) is 6.21. The van der Waals surface area contributed by atoms with E-state index in [-0.39, 0.29) is 11.5 Å². The molecule has 0 amide bonds. The molecule has 116 valence electrons. The number of rotatable bonds is 5. The monoisotopic (exact) mass is 295 g/mol. The number of hydrogen-bond donors (Lipinski definition) is 2. The molecular formula is C13H21N5O3. The Labute approximate surface area is 123 Å². The number of nitrogens with one attached hydrogen (secondary N) is 1. The molecule has 1 fully saturated rings. The van der Waals surface area contributed by atoms with Crippen molar-refractivity contribution in [1.29, 1.82) is 0 Å². The molecule has 8 nitrogen and oxygen atoms in total. The highest BCUT2D eigenvalue weighted by Crippen LogP contribution is 2.34. The molecule has 1 aliphatic heterocycles. The lowest BCUT2D eigenvalue weighted by atomic mass is 9.94. The van der Waals surface area contributed by atoms with Gasteiger partial charge >= 0.3 is 5.69 Å². The highest BCUT2D eigenvalue weighted by molar-refractivity contribution is 5.70. The van der Waals surface area contributed by atoms with Crippen LogP contribution in [0.25, 0.3) is 0 Å². The lowest BCUT2D eigenvalue weighted by Gasteiger charge is -2.36. The number of hydrogen-bond acceptors (Lipinski definition) is 7. The van der Waals surface area contributed by atoms with Crippen LogP contribution in [0.3, 0.4) is 0 Å². The number of nitrogens with zero attached hydrogens (tertiary/aromatic N) is 4. The molecule has 0 atom stereocenters. The molecule has 1 saturated heterocycles. The van der Waals surface area contributed by atoms with Gasteiger partial charge in [0.15, 0.2) is 0 Å². The second-order valence-electron chi connectivity index (χ2n) is 5.56. The summed E-state index contributed by atoms with van der Waals surface area (Å²) in [7, 11) is 0. The number of anilines is 2. The Balaban J connectivity index is 2.28. The number of aromatic nitrogens is 2. The zero-order chi connectivity index (χ0) is 15.5. The number of aliphatic hydroxyl groups is 1. The summed E-state index contributed by atoms with van der Waals surface area (Å²) in [6, 6.07) is 0. The topological polar surface area (TPSA) is 104 Å². The quantitative estimate of drug-likeness (QED) is 0.627. The lowest BCUT2D eigenvalue weighted by Crippen LogP contribution is -2.43. The molecule has 0 bridgehead atoms. The zero-order valence-corrected chi connectivity index (χ0v) is 12.4. The molecule has 0 unspecified atom stereocenters. The summed E-state index contributed by atoms with van der Waals surface area (Å²) in [6.07, 6.45) is 3.31. The maximum atomic E-state index is 11.4. The van der Waals surface area contributed by atoms with Gasteiger partial charge in [0.2, 0.25) is 11.6 Å². The van der Waals surface area contributed by atoms with E-state index in [1.165, 1.54) is 6.33 Å². The van der Waals surface area contributed by atoms with Gasteiger partial charge in [-0.1, -0.05) is 6.92 Å². The minimum absolute atomic E-state index is 0.0903. The van der Waals surface area contributed by atoms with Crippen molar-refractivity contribution >= 4 is 17.3 Å². The van der Waals surface area contributed by atoms with Crippen molar-refractivity contribution in [3.05, 3.63) is 16.4 Å². The van der Waals surface area contributed by atoms with Crippen LogP contribution >= 0.6 is 0 Å². The summed E-state index contributed by atoms with van der Waals surface area (Å²) >= 11 is 0. The average Bonchev–Trinajstić information content (AvgIpc) is 2.44. The van der Waals surface area contributed by atoms with E-state index in [1.807, 2.05) is 11.8 Å². The standard InChI is InChI=1S/C13H21N5O3/c1-3-6-14-11-10(18(20)21)12(16-9-15-11)17-7-4-13(2,19)5-8-17/h9,19H,3-8H2,1-2H3,(H,14,15,16).